The van der Waals surface area contributed by atoms with Crippen molar-refractivity contribution in [3.63, 3.8) is 0 Å². The highest BCUT2D eigenvalue weighted by atomic mass is 16.5. The van der Waals surface area contributed by atoms with E-state index < -0.39 is 0 Å². The van der Waals surface area contributed by atoms with Gasteiger partial charge in [-0.25, -0.2) is 0 Å². The lowest BCUT2D eigenvalue weighted by Crippen LogP contribution is -2.36. The van der Waals surface area contributed by atoms with Gasteiger partial charge in [-0.2, -0.15) is 0 Å². The van der Waals surface area contributed by atoms with Crippen LogP contribution in [0.4, 0.5) is 0 Å². The molecule has 142 valence electrons. The summed E-state index contributed by atoms with van der Waals surface area (Å²) >= 11 is 0. The molecule has 2 heterocycles. The highest BCUT2D eigenvalue weighted by Crippen LogP contribution is 2.22. The first-order valence-corrected chi connectivity index (χ1v) is 8.97. The lowest BCUT2D eigenvalue weighted by atomic mass is 10.1. The van der Waals surface area contributed by atoms with Gasteiger partial charge in [0.2, 0.25) is 5.91 Å². The molecule has 3 rings (SSSR count). The zero-order valence-electron chi connectivity index (χ0n) is 15.6. The second-order valence-corrected chi connectivity index (χ2v) is 6.75. The number of amides is 2. The number of nitrogens with zero attached hydrogens (tertiary/aromatic N) is 3. The Morgan fingerprint density at radius 3 is 2.81 bits per heavy atom. The Bertz CT molecular complexity index is 827. The number of fused-ring (bicyclic) bond motifs is 1. The Labute approximate surface area is 158 Å². The zero-order chi connectivity index (χ0) is 19.2. The first-order valence-electron chi connectivity index (χ1n) is 8.97. The SMILES string of the molecule is CN(C)CCNC(=O)c1noc2c1CN(C(=O)C=Cc1ccccc1)CC2. The van der Waals surface area contributed by atoms with Crippen LogP contribution in [0.5, 0.6) is 0 Å². The minimum atomic E-state index is -0.268. The first-order chi connectivity index (χ1) is 13.0. The molecule has 1 aromatic heterocycles. The van der Waals surface area contributed by atoms with E-state index >= 15 is 0 Å². The summed E-state index contributed by atoms with van der Waals surface area (Å²) in [5, 5.41) is 6.76. The molecule has 0 atom stereocenters. The molecule has 2 amide bonds. The molecule has 27 heavy (non-hydrogen) atoms. The van der Waals surface area contributed by atoms with Crippen LogP contribution in [-0.4, -0.2) is 60.5 Å². The fraction of sp³-hybridized carbons (Fsp3) is 0.350. The molecule has 0 saturated carbocycles. The van der Waals surface area contributed by atoms with Crippen molar-refractivity contribution in [2.24, 2.45) is 0 Å². The Hall–Kier alpha value is -2.93. The molecule has 1 N–H and O–H groups in total. The number of aromatic nitrogens is 1. The van der Waals surface area contributed by atoms with Crippen LogP contribution in [0, 0.1) is 0 Å². The van der Waals surface area contributed by atoms with E-state index in [1.807, 2.05) is 49.3 Å². The summed E-state index contributed by atoms with van der Waals surface area (Å²) < 4.78 is 5.32. The van der Waals surface area contributed by atoms with E-state index in [1.165, 1.54) is 0 Å². The van der Waals surface area contributed by atoms with Gasteiger partial charge in [0.1, 0.15) is 5.76 Å². The Morgan fingerprint density at radius 1 is 1.30 bits per heavy atom. The van der Waals surface area contributed by atoms with Gasteiger partial charge in [-0.3, -0.25) is 9.59 Å². The van der Waals surface area contributed by atoms with Crippen LogP contribution in [0.15, 0.2) is 40.9 Å². The molecular formula is C20H24N4O3. The second kappa shape index (κ2) is 8.64. The largest absolute Gasteiger partial charge is 0.360 e. The van der Waals surface area contributed by atoms with Gasteiger partial charge >= 0.3 is 0 Å². The van der Waals surface area contributed by atoms with Crippen LogP contribution in [0.3, 0.4) is 0 Å². The Morgan fingerprint density at radius 2 is 2.07 bits per heavy atom. The third-order valence-electron chi connectivity index (χ3n) is 4.42. The van der Waals surface area contributed by atoms with Crippen molar-refractivity contribution >= 4 is 17.9 Å². The summed E-state index contributed by atoms with van der Waals surface area (Å²) in [6, 6.07) is 9.66. The normalized spacial score (nSPS) is 13.8. The number of hydrogen-bond donors (Lipinski definition) is 1. The van der Waals surface area contributed by atoms with Crippen molar-refractivity contribution in [1.82, 2.24) is 20.3 Å². The van der Waals surface area contributed by atoms with Crippen molar-refractivity contribution in [2.75, 3.05) is 33.7 Å². The standard InChI is InChI=1S/C20H24N4O3/c1-23(2)13-11-21-20(26)19-16-14-24(12-10-17(16)27-22-19)18(25)9-8-15-6-4-3-5-7-15/h3-9H,10-14H2,1-2H3,(H,21,26). The summed E-state index contributed by atoms with van der Waals surface area (Å²) in [5.41, 5.74) is 1.94. The first kappa shape index (κ1) is 18.8. The number of likely N-dealkylation sites (N-methyl/N-ethyl adjacent to an activating group) is 1. The minimum Gasteiger partial charge on any atom is -0.360 e. The Balaban J connectivity index is 1.65. The van der Waals surface area contributed by atoms with E-state index in [4.69, 9.17) is 4.52 Å². The van der Waals surface area contributed by atoms with E-state index in [0.717, 1.165) is 12.1 Å². The van der Waals surface area contributed by atoms with Crippen molar-refractivity contribution < 1.29 is 14.1 Å². The third-order valence-corrected chi connectivity index (χ3v) is 4.42. The van der Waals surface area contributed by atoms with Gasteiger partial charge in [0, 0.05) is 37.7 Å². The second-order valence-electron chi connectivity index (χ2n) is 6.75. The molecule has 7 heteroatoms. The lowest BCUT2D eigenvalue weighted by molar-refractivity contribution is -0.126. The Kier molecular flexibility index (Phi) is 6.03. The van der Waals surface area contributed by atoms with E-state index in [0.29, 0.717) is 37.4 Å². The van der Waals surface area contributed by atoms with Gasteiger partial charge in [-0.05, 0) is 25.7 Å². The highest BCUT2D eigenvalue weighted by molar-refractivity contribution is 5.95. The smallest absolute Gasteiger partial charge is 0.273 e. The average molecular weight is 368 g/mol. The van der Waals surface area contributed by atoms with Crippen LogP contribution in [0.1, 0.15) is 27.4 Å². The van der Waals surface area contributed by atoms with Gasteiger partial charge in [-0.15, -0.1) is 0 Å². The van der Waals surface area contributed by atoms with Gasteiger partial charge in [0.15, 0.2) is 5.69 Å². The molecule has 0 aliphatic carbocycles. The number of nitrogens with one attached hydrogen (secondary N) is 1. The fourth-order valence-electron chi connectivity index (χ4n) is 2.89. The quantitative estimate of drug-likeness (QED) is 0.783. The molecule has 1 aliphatic rings. The predicted molar refractivity (Wildman–Crippen MR) is 102 cm³/mol. The monoisotopic (exact) mass is 368 g/mol. The molecular weight excluding hydrogens is 344 g/mol. The summed E-state index contributed by atoms with van der Waals surface area (Å²) in [6.07, 6.45) is 3.91. The van der Waals surface area contributed by atoms with E-state index in [9.17, 15) is 9.59 Å². The maximum absolute atomic E-state index is 12.5. The van der Waals surface area contributed by atoms with Gasteiger partial charge in [0.05, 0.1) is 6.54 Å². The highest BCUT2D eigenvalue weighted by Gasteiger charge is 2.28. The molecule has 0 unspecified atom stereocenters. The van der Waals surface area contributed by atoms with Crippen molar-refractivity contribution in [3.8, 4) is 0 Å². The molecule has 2 aromatic rings. The lowest BCUT2D eigenvalue weighted by Gasteiger charge is -2.25. The van der Waals surface area contributed by atoms with Crippen LogP contribution < -0.4 is 5.32 Å². The van der Waals surface area contributed by atoms with Crippen molar-refractivity contribution in [2.45, 2.75) is 13.0 Å². The molecule has 0 bridgehead atoms. The summed E-state index contributed by atoms with van der Waals surface area (Å²) in [6.45, 7) is 2.13. The molecule has 1 aliphatic heterocycles. The number of rotatable bonds is 6. The average Bonchev–Trinajstić information content (AvgIpc) is 3.10. The third kappa shape index (κ3) is 4.83. The van der Waals surface area contributed by atoms with Crippen molar-refractivity contribution in [3.05, 3.63) is 59.0 Å². The van der Waals surface area contributed by atoms with Crippen LogP contribution >= 0.6 is 0 Å². The van der Waals surface area contributed by atoms with E-state index in [1.54, 1.807) is 17.1 Å². The van der Waals surface area contributed by atoms with Crippen LogP contribution in [0.2, 0.25) is 0 Å². The predicted octanol–water partition coefficient (Wildman–Crippen LogP) is 1.56. The molecule has 0 radical (unpaired) electrons. The minimum absolute atomic E-state index is 0.0929. The maximum Gasteiger partial charge on any atom is 0.273 e. The number of benzene rings is 1. The van der Waals surface area contributed by atoms with E-state index in [2.05, 4.69) is 10.5 Å². The fourth-order valence-corrected chi connectivity index (χ4v) is 2.89. The number of carbonyl (C=O) groups is 2. The topological polar surface area (TPSA) is 78.7 Å². The van der Waals surface area contributed by atoms with E-state index in [-0.39, 0.29) is 17.5 Å². The number of hydrogen-bond acceptors (Lipinski definition) is 5. The molecule has 0 spiro atoms. The molecule has 1 aromatic carbocycles. The van der Waals surface area contributed by atoms with Crippen LogP contribution in [0.25, 0.3) is 6.08 Å². The molecule has 0 fully saturated rings. The van der Waals surface area contributed by atoms with Crippen molar-refractivity contribution in [1.29, 1.82) is 0 Å². The summed E-state index contributed by atoms with van der Waals surface area (Å²) in [5.74, 6) is 0.324. The zero-order valence-corrected chi connectivity index (χ0v) is 15.6. The summed E-state index contributed by atoms with van der Waals surface area (Å²) in [7, 11) is 3.88. The van der Waals surface area contributed by atoms with Gasteiger partial charge in [0.25, 0.3) is 5.91 Å². The molecule has 0 saturated heterocycles. The molecule has 7 nitrogen and oxygen atoms in total. The number of carbonyl (C=O) groups excluding carboxylic acids is 2. The maximum atomic E-state index is 12.5. The summed E-state index contributed by atoms with van der Waals surface area (Å²) in [4.78, 5) is 28.6. The van der Waals surface area contributed by atoms with Crippen LogP contribution in [-0.2, 0) is 17.8 Å². The van der Waals surface area contributed by atoms with Gasteiger partial charge < -0.3 is 19.6 Å². The van der Waals surface area contributed by atoms with Gasteiger partial charge in [-0.1, -0.05) is 35.5 Å².